The van der Waals surface area contributed by atoms with Crippen molar-refractivity contribution in [3.05, 3.63) is 93.7 Å². The summed E-state index contributed by atoms with van der Waals surface area (Å²) in [6, 6.07) is 19.9. The molecular weight excluding hydrogens is 489 g/mol. The molecule has 0 radical (unpaired) electrons. The number of ether oxygens (including phenoxy) is 1. The molecule has 7 heteroatoms. The van der Waals surface area contributed by atoms with E-state index >= 15 is 0 Å². The minimum Gasteiger partial charge on any atom is -0.481 e. The molecule has 170 valence electrons. The lowest BCUT2D eigenvalue weighted by Crippen LogP contribution is -2.38. The van der Waals surface area contributed by atoms with E-state index in [1.165, 1.54) is 12.1 Å². The third-order valence-corrected chi connectivity index (χ3v) is 6.62. The van der Waals surface area contributed by atoms with Crippen LogP contribution in [0.5, 0.6) is 0 Å². The van der Waals surface area contributed by atoms with Gasteiger partial charge in [0, 0.05) is 22.9 Å². The predicted molar refractivity (Wildman–Crippen MR) is 127 cm³/mol. The first kappa shape index (κ1) is 23.0. The summed E-state index contributed by atoms with van der Waals surface area (Å²) in [5, 5.41) is 11.9. The number of rotatable bonds is 8. The second kappa shape index (κ2) is 10.2. The van der Waals surface area contributed by atoms with Crippen molar-refractivity contribution < 1.29 is 23.8 Å². The molecule has 0 aliphatic heterocycles. The maximum atomic E-state index is 13.7. The lowest BCUT2D eigenvalue weighted by Gasteiger charge is -2.20. The maximum absolute atomic E-state index is 13.7. The fourth-order valence-electron chi connectivity index (χ4n) is 4.29. The highest BCUT2D eigenvalue weighted by Gasteiger charge is 2.29. The molecule has 0 spiro atoms. The van der Waals surface area contributed by atoms with E-state index in [0.29, 0.717) is 10.0 Å². The van der Waals surface area contributed by atoms with Crippen molar-refractivity contribution in [3.63, 3.8) is 0 Å². The van der Waals surface area contributed by atoms with Crippen LogP contribution in [-0.2, 0) is 16.0 Å². The first-order chi connectivity index (χ1) is 15.9. The van der Waals surface area contributed by atoms with Crippen LogP contribution >= 0.6 is 15.9 Å². The molecule has 1 atom stereocenters. The summed E-state index contributed by atoms with van der Waals surface area (Å²) in [6.07, 6.45) is -0.278. The average Bonchev–Trinajstić information content (AvgIpc) is 3.12. The van der Waals surface area contributed by atoms with Crippen LogP contribution in [0.25, 0.3) is 11.1 Å². The van der Waals surface area contributed by atoms with Crippen LogP contribution in [0, 0.1) is 5.82 Å². The zero-order valence-electron chi connectivity index (χ0n) is 17.8. The second-order valence-corrected chi connectivity index (χ2v) is 8.89. The Morgan fingerprint density at radius 3 is 2.30 bits per heavy atom. The van der Waals surface area contributed by atoms with Crippen molar-refractivity contribution >= 4 is 28.0 Å². The summed E-state index contributed by atoms with van der Waals surface area (Å²) in [4.78, 5) is 23.7. The van der Waals surface area contributed by atoms with Gasteiger partial charge in [-0.05, 0) is 58.9 Å². The predicted octanol–water partition coefficient (Wildman–Crippen LogP) is 5.90. The zero-order valence-corrected chi connectivity index (χ0v) is 19.3. The summed E-state index contributed by atoms with van der Waals surface area (Å²) < 4.78 is 20.0. The number of hydrogen-bond acceptors (Lipinski definition) is 3. The number of alkyl carbamates (subject to hydrolysis) is 1. The lowest BCUT2D eigenvalue weighted by atomic mass is 9.98. The van der Waals surface area contributed by atoms with Gasteiger partial charge < -0.3 is 15.2 Å². The number of carboxylic acids is 1. The van der Waals surface area contributed by atoms with Gasteiger partial charge in [0.2, 0.25) is 0 Å². The summed E-state index contributed by atoms with van der Waals surface area (Å²) >= 11 is 3.38. The Hall–Kier alpha value is -3.19. The van der Waals surface area contributed by atoms with Gasteiger partial charge in [-0.25, -0.2) is 9.18 Å². The minimum absolute atomic E-state index is 0.0713. The lowest BCUT2D eigenvalue weighted by molar-refractivity contribution is -0.137. The highest BCUT2D eigenvalue weighted by molar-refractivity contribution is 9.10. The SMILES string of the molecule is O=C(O)CCC(Cc1cc(F)ccc1Br)NC(=O)OCC1c2ccccc2-c2ccccc21. The second-order valence-electron chi connectivity index (χ2n) is 8.04. The van der Waals surface area contributed by atoms with Crippen LogP contribution in [0.1, 0.15) is 35.4 Å². The Balaban J connectivity index is 1.44. The average molecular weight is 512 g/mol. The Morgan fingerprint density at radius 1 is 1.03 bits per heavy atom. The Morgan fingerprint density at radius 2 is 1.67 bits per heavy atom. The van der Waals surface area contributed by atoms with Gasteiger partial charge in [-0.2, -0.15) is 0 Å². The smallest absolute Gasteiger partial charge is 0.407 e. The molecule has 2 N–H and O–H groups in total. The largest absolute Gasteiger partial charge is 0.481 e. The molecule has 1 aliphatic rings. The standard InChI is InChI=1S/C26H23BrFNO4/c27-24-11-9-17(28)13-16(24)14-18(10-12-25(30)31)29-26(32)33-15-23-21-7-3-1-5-19(21)20-6-2-4-8-22(20)23/h1-9,11,13,18,23H,10,12,14-15H2,(H,29,32)(H,30,31). The van der Waals surface area contributed by atoms with Crippen LogP contribution in [0.4, 0.5) is 9.18 Å². The molecule has 1 unspecified atom stereocenters. The van der Waals surface area contributed by atoms with E-state index in [4.69, 9.17) is 9.84 Å². The Kier molecular flexibility index (Phi) is 7.08. The van der Waals surface area contributed by atoms with Crippen molar-refractivity contribution in [3.8, 4) is 11.1 Å². The number of amides is 1. The van der Waals surface area contributed by atoms with E-state index in [1.807, 2.05) is 36.4 Å². The van der Waals surface area contributed by atoms with Gasteiger partial charge in [0.1, 0.15) is 12.4 Å². The fourth-order valence-corrected chi connectivity index (χ4v) is 4.70. The van der Waals surface area contributed by atoms with Gasteiger partial charge in [0.15, 0.2) is 0 Å². The molecule has 1 amide bonds. The molecule has 3 aromatic rings. The van der Waals surface area contributed by atoms with Gasteiger partial charge in [0.05, 0.1) is 0 Å². The summed E-state index contributed by atoms with van der Waals surface area (Å²) in [6.45, 7) is 0.162. The van der Waals surface area contributed by atoms with Gasteiger partial charge in [-0.3, -0.25) is 4.79 Å². The Bertz CT molecular complexity index is 1140. The number of hydrogen-bond donors (Lipinski definition) is 2. The third kappa shape index (κ3) is 5.42. The molecule has 1 aliphatic carbocycles. The molecule has 0 aromatic heterocycles. The van der Waals surface area contributed by atoms with E-state index in [0.717, 1.165) is 22.3 Å². The normalized spacial score (nSPS) is 13.2. The van der Waals surface area contributed by atoms with E-state index < -0.39 is 23.9 Å². The van der Waals surface area contributed by atoms with Crippen molar-refractivity contribution in [2.45, 2.75) is 31.2 Å². The van der Waals surface area contributed by atoms with Gasteiger partial charge >= 0.3 is 12.1 Å². The van der Waals surface area contributed by atoms with Gasteiger partial charge in [-0.1, -0.05) is 64.5 Å². The number of aliphatic carboxylic acids is 1. The quantitative estimate of drug-likeness (QED) is 0.394. The van der Waals surface area contributed by atoms with Crippen molar-refractivity contribution in [2.75, 3.05) is 6.61 Å². The van der Waals surface area contributed by atoms with Gasteiger partial charge in [-0.15, -0.1) is 0 Å². The van der Waals surface area contributed by atoms with Crippen LogP contribution in [0.3, 0.4) is 0 Å². The number of halogens is 2. The number of fused-ring (bicyclic) bond motifs is 3. The molecule has 4 rings (SSSR count). The number of carbonyl (C=O) groups is 2. The van der Waals surface area contributed by atoms with Crippen molar-refractivity contribution in [1.29, 1.82) is 0 Å². The molecule has 3 aromatic carbocycles. The van der Waals surface area contributed by atoms with Crippen LogP contribution in [0.15, 0.2) is 71.2 Å². The summed E-state index contributed by atoms with van der Waals surface area (Å²) in [5.74, 6) is -1.43. The van der Waals surface area contributed by atoms with Crippen molar-refractivity contribution in [2.24, 2.45) is 0 Å². The first-order valence-electron chi connectivity index (χ1n) is 10.7. The summed E-state index contributed by atoms with van der Waals surface area (Å²) in [7, 11) is 0. The first-order valence-corrected chi connectivity index (χ1v) is 11.5. The maximum Gasteiger partial charge on any atom is 0.407 e. The van der Waals surface area contributed by atoms with E-state index in [1.54, 1.807) is 6.07 Å². The number of carbonyl (C=O) groups excluding carboxylic acids is 1. The van der Waals surface area contributed by atoms with Crippen LogP contribution < -0.4 is 5.32 Å². The molecule has 0 saturated carbocycles. The van der Waals surface area contributed by atoms with Crippen molar-refractivity contribution in [1.82, 2.24) is 5.32 Å². The van der Waals surface area contributed by atoms with Crippen LogP contribution in [-0.4, -0.2) is 29.8 Å². The highest BCUT2D eigenvalue weighted by atomic mass is 79.9. The number of benzene rings is 3. The zero-order chi connectivity index (χ0) is 23.4. The monoisotopic (exact) mass is 511 g/mol. The molecule has 33 heavy (non-hydrogen) atoms. The highest BCUT2D eigenvalue weighted by Crippen LogP contribution is 2.44. The molecule has 0 saturated heterocycles. The third-order valence-electron chi connectivity index (χ3n) is 5.85. The number of carboxylic acid groups (broad SMARTS) is 1. The molecule has 0 fully saturated rings. The summed E-state index contributed by atoms with van der Waals surface area (Å²) in [5.41, 5.74) is 5.13. The molecule has 5 nitrogen and oxygen atoms in total. The molecule has 0 heterocycles. The molecular formula is C26H23BrFNO4. The minimum atomic E-state index is -0.965. The number of nitrogens with one attached hydrogen (secondary N) is 1. The molecule has 0 bridgehead atoms. The van der Waals surface area contributed by atoms with E-state index in [-0.39, 0.29) is 31.8 Å². The van der Waals surface area contributed by atoms with E-state index in [2.05, 4.69) is 33.4 Å². The topological polar surface area (TPSA) is 75.6 Å². The van der Waals surface area contributed by atoms with E-state index in [9.17, 15) is 14.0 Å². The van der Waals surface area contributed by atoms with Gasteiger partial charge in [0.25, 0.3) is 0 Å². The Labute approximate surface area is 199 Å². The van der Waals surface area contributed by atoms with Crippen LogP contribution in [0.2, 0.25) is 0 Å². The fraction of sp³-hybridized carbons (Fsp3) is 0.231.